The van der Waals surface area contributed by atoms with Gasteiger partial charge in [0.2, 0.25) is 5.91 Å². The maximum Gasteiger partial charge on any atom is 0.223 e. The smallest absolute Gasteiger partial charge is 0.223 e. The molecule has 15 heavy (non-hydrogen) atoms. The molecule has 0 aromatic rings. The molecule has 0 spiro atoms. The van der Waals surface area contributed by atoms with Crippen molar-refractivity contribution in [1.82, 2.24) is 10.2 Å². The van der Waals surface area contributed by atoms with Gasteiger partial charge in [0, 0.05) is 39.4 Å². The van der Waals surface area contributed by atoms with E-state index in [9.17, 15) is 13.2 Å². The first-order valence-electron chi connectivity index (χ1n) is 4.83. The van der Waals surface area contributed by atoms with Crippen molar-refractivity contribution in [3.63, 3.8) is 0 Å². The summed E-state index contributed by atoms with van der Waals surface area (Å²) in [6.45, 7) is 2.30. The van der Waals surface area contributed by atoms with Crippen molar-refractivity contribution in [3.05, 3.63) is 0 Å². The summed E-state index contributed by atoms with van der Waals surface area (Å²) in [4.78, 5) is 12.7. The quantitative estimate of drug-likeness (QED) is 0.674. The van der Waals surface area contributed by atoms with Crippen molar-refractivity contribution in [2.75, 3.05) is 32.6 Å². The van der Waals surface area contributed by atoms with Crippen LogP contribution in [0.25, 0.3) is 0 Å². The molecule has 90 valence electrons. The number of carbonyl (C=O) groups is 1. The van der Waals surface area contributed by atoms with Crippen LogP contribution in [0.1, 0.15) is 13.3 Å². The Morgan fingerprint density at radius 1 is 1.40 bits per heavy atom. The van der Waals surface area contributed by atoms with Gasteiger partial charge in [-0.25, -0.2) is 8.42 Å². The SMILES string of the molecule is CC(CS(C)(=O)=O)NCCC(=O)N(C)C. The predicted octanol–water partition coefficient (Wildman–Crippen LogP) is -0.513. The Bertz CT molecular complexity index is 298. The first-order chi connectivity index (χ1) is 6.72. The molecule has 0 bridgehead atoms. The molecule has 0 saturated heterocycles. The molecule has 0 rings (SSSR count). The second kappa shape index (κ2) is 6.07. The lowest BCUT2D eigenvalue weighted by molar-refractivity contribution is -0.128. The average molecular weight is 236 g/mol. The Morgan fingerprint density at radius 2 is 1.93 bits per heavy atom. The zero-order valence-corrected chi connectivity index (χ0v) is 10.6. The minimum atomic E-state index is -2.95. The van der Waals surface area contributed by atoms with Gasteiger partial charge in [-0.1, -0.05) is 0 Å². The van der Waals surface area contributed by atoms with Gasteiger partial charge < -0.3 is 10.2 Å². The van der Waals surface area contributed by atoms with Gasteiger partial charge in [0.1, 0.15) is 9.84 Å². The molecule has 0 aliphatic heterocycles. The number of hydrogen-bond acceptors (Lipinski definition) is 4. The third-order valence-electron chi connectivity index (χ3n) is 1.88. The summed E-state index contributed by atoms with van der Waals surface area (Å²) in [5, 5.41) is 3.00. The van der Waals surface area contributed by atoms with Crippen LogP contribution in [0.4, 0.5) is 0 Å². The maximum absolute atomic E-state index is 11.2. The van der Waals surface area contributed by atoms with E-state index in [-0.39, 0.29) is 17.7 Å². The third kappa shape index (κ3) is 8.38. The Hall–Kier alpha value is -0.620. The van der Waals surface area contributed by atoms with Gasteiger partial charge in [0.25, 0.3) is 0 Å². The van der Waals surface area contributed by atoms with Crippen molar-refractivity contribution >= 4 is 15.7 Å². The van der Waals surface area contributed by atoms with Gasteiger partial charge in [0.05, 0.1) is 5.75 Å². The molecule has 0 aromatic carbocycles. The van der Waals surface area contributed by atoms with Crippen LogP contribution < -0.4 is 5.32 Å². The van der Waals surface area contributed by atoms with Crippen LogP contribution in [0.15, 0.2) is 0 Å². The lowest BCUT2D eigenvalue weighted by atomic mass is 10.3. The van der Waals surface area contributed by atoms with Gasteiger partial charge >= 0.3 is 0 Å². The topological polar surface area (TPSA) is 66.5 Å². The highest BCUT2D eigenvalue weighted by Crippen LogP contribution is 1.91. The van der Waals surface area contributed by atoms with Gasteiger partial charge in [-0.05, 0) is 6.92 Å². The highest BCUT2D eigenvalue weighted by Gasteiger charge is 2.10. The van der Waals surface area contributed by atoms with E-state index in [4.69, 9.17) is 0 Å². The molecule has 5 nitrogen and oxygen atoms in total. The summed E-state index contributed by atoms with van der Waals surface area (Å²) in [5.74, 6) is 0.137. The standard InChI is InChI=1S/C9H20N2O3S/c1-8(7-15(4,13)14)10-6-5-9(12)11(2)3/h8,10H,5-7H2,1-4H3. The third-order valence-corrected chi connectivity index (χ3v) is 2.99. The van der Waals surface area contributed by atoms with E-state index in [1.807, 2.05) is 0 Å². The Kier molecular flexibility index (Phi) is 5.82. The minimum absolute atomic E-state index is 0.0362. The fraction of sp³-hybridized carbons (Fsp3) is 0.889. The molecule has 0 saturated carbocycles. The van der Waals surface area contributed by atoms with Crippen molar-refractivity contribution in [1.29, 1.82) is 0 Å². The van der Waals surface area contributed by atoms with Crippen LogP contribution in [-0.2, 0) is 14.6 Å². The Balaban J connectivity index is 3.74. The molecular weight excluding hydrogens is 216 g/mol. The normalized spacial score (nSPS) is 13.6. The fourth-order valence-electron chi connectivity index (χ4n) is 1.16. The molecule has 6 heteroatoms. The number of hydrogen-bond donors (Lipinski definition) is 1. The van der Waals surface area contributed by atoms with Crippen molar-refractivity contribution in [2.24, 2.45) is 0 Å². The lowest BCUT2D eigenvalue weighted by Gasteiger charge is -2.14. The average Bonchev–Trinajstić information content (AvgIpc) is 2.00. The first-order valence-corrected chi connectivity index (χ1v) is 6.89. The Morgan fingerprint density at radius 3 is 2.33 bits per heavy atom. The highest BCUT2D eigenvalue weighted by molar-refractivity contribution is 7.90. The van der Waals surface area contributed by atoms with Crippen LogP contribution in [0.2, 0.25) is 0 Å². The molecule has 0 aromatic heterocycles. The molecule has 0 heterocycles. The number of nitrogens with one attached hydrogen (secondary N) is 1. The molecule has 1 atom stereocenters. The first kappa shape index (κ1) is 14.4. The molecule has 1 N–H and O–H groups in total. The van der Waals surface area contributed by atoms with Crippen molar-refractivity contribution < 1.29 is 13.2 Å². The van der Waals surface area contributed by atoms with Crippen LogP contribution in [-0.4, -0.2) is 57.9 Å². The van der Waals surface area contributed by atoms with E-state index in [0.29, 0.717) is 13.0 Å². The summed E-state index contributed by atoms with van der Waals surface area (Å²) in [7, 11) is 0.445. The lowest BCUT2D eigenvalue weighted by Crippen LogP contribution is -2.35. The van der Waals surface area contributed by atoms with Crippen LogP contribution in [0.3, 0.4) is 0 Å². The largest absolute Gasteiger partial charge is 0.349 e. The van der Waals surface area contributed by atoms with Gasteiger partial charge in [-0.15, -0.1) is 0 Å². The number of sulfone groups is 1. The second-order valence-electron chi connectivity index (χ2n) is 3.99. The van der Waals surface area contributed by atoms with E-state index in [1.54, 1.807) is 21.0 Å². The Labute approximate surface area is 91.8 Å². The van der Waals surface area contributed by atoms with Gasteiger partial charge in [0.15, 0.2) is 0 Å². The molecule has 1 amide bonds. The van der Waals surface area contributed by atoms with Crippen molar-refractivity contribution in [3.8, 4) is 0 Å². The van der Waals surface area contributed by atoms with Gasteiger partial charge in [-0.2, -0.15) is 0 Å². The molecule has 0 radical (unpaired) electrons. The van der Waals surface area contributed by atoms with Crippen LogP contribution in [0, 0.1) is 0 Å². The van der Waals surface area contributed by atoms with E-state index in [1.165, 1.54) is 11.2 Å². The van der Waals surface area contributed by atoms with E-state index in [0.717, 1.165) is 0 Å². The summed E-state index contributed by atoms with van der Waals surface area (Å²) < 4.78 is 21.9. The van der Waals surface area contributed by atoms with E-state index < -0.39 is 9.84 Å². The molecule has 0 aliphatic carbocycles. The number of nitrogens with zero attached hydrogens (tertiary/aromatic N) is 1. The van der Waals surface area contributed by atoms with Crippen molar-refractivity contribution in [2.45, 2.75) is 19.4 Å². The zero-order chi connectivity index (χ0) is 12.1. The molecule has 1 unspecified atom stereocenters. The summed E-state index contributed by atoms with van der Waals surface area (Å²) >= 11 is 0. The molecular formula is C9H20N2O3S. The summed E-state index contributed by atoms with van der Waals surface area (Å²) in [6.07, 6.45) is 1.59. The highest BCUT2D eigenvalue weighted by atomic mass is 32.2. The van der Waals surface area contributed by atoms with E-state index in [2.05, 4.69) is 5.32 Å². The predicted molar refractivity (Wildman–Crippen MR) is 60.5 cm³/mol. The number of amides is 1. The maximum atomic E-state index is 11.2. The van der Waals surface area contributed by atoms with Crippen LogP contribution >= 0.6 is 0 Å². The van der Waals surface area contributed by atoms with Crippen LogP contribution in [0.5, 0.6) is 0 Å². The monoisotopic (exact) mass is 236 g/mol. The number of rotatable bonds is 6. The second-order valence-corrected chi connectivity index (χ2v) is 6.17. The zero-order valence-electron chi connectivity index (χ0n) is 9.78. The summed E-state index contributed by atoms with van der Waals surface area (Å²) in [5.41, 5.74) is 0. The molecule has 0 fully saturated rings. The number of carbonyl (C=O) groups excluding carboxylic acids is 1. The summed E-state index contributed by atoms with van der Waals surface area (Å²) in [6, 6.07) is -0.116. The van der Waals surface area contributed by atoms with E-state index >= 15 is 0 Å². The fourth-order valence-corrected chi connectivity index (χ4v) is 2.19. The van der Waals surface area contributed by atoms with Gasteiger partial charge in [-0.3, -0.25) is 4.79 Å². The molecule has 0 aliphatic rings. The minimum Gasteiger partial charge on any atom is -0.349 e.